The van der Waals surface area contributed by atoms with Gasteiger partial charge >= 0.3 is 0 Å². The Morgan fingerprint density at radius 1 is 1.23 bits per heavy atom. The van der Waals surface area contributed by atoms with Crippen molar-refractivity contribution in [2.75, 3.05) is 5.32 Å². The maximum atomic E-state index is 11.1. The first-order valence-electron chi connectivity index (χ1n) is 7.84. The highest BCUT2D eigenvalue weighted by molar-refractivity contribution is 7.98. The number of aromatic nitrogens is 3. The average Bonchev–Trinajstić information content (AvgIpc) is 3.27. The second-order valence-corrected chi connectivity index (χ2v) is 8.34. The topological polar surface area (TPSA) is 67.8 Å². The highest BCUT2D eigenvalue weighted by Gasteiger charge is 2.12. The third-order valence-electron chi connectivity index (χ3n) is 3.54. The summed E-state index contributed by atoms with van der Waals surface area (Å²) in [5, 5.41) is 7.31. The molecule has 1 aromatic carbocycles. The van der Waals surface area contributed by atoms with Crippen LogP contribution in [0.5, 0.6) is 0 Å². The van der Waals surface area contributed by atoms with Gasteiger partial charge in [-0.15, -0.1) is 22.7 Å². The molecule has 4 aromatic rings. The van der Waals surface area contributed by atoms with Gasteiger partial charge in [0, 0.05) is 28.3 Å². The van der Waals surface area contributed by atoms with Gasteiger partial charge in [-0.2, -0.15) is 0 Å². The molecule has 130 valence electrons. The zero-order valence-electron chi connectivity index (χ0n) is 13.8. The first kappa shape index (κ1) is 17.1. The lowest BCUT2D eigenvalue weighted by atomic mass is 10.2. The molecule has 5 nitrogen and oxygen atoms in total. The summed E-state index contributed by atoms with van der Waals surface area (Å²) in [7, 11) is 0. The Bertz CT molecular complexity index is 1060. The van der Waals surface area contributed by atoms with Gasteiger partial charge in [0.25, 0.3) is 0 Å². The number of thiophene rings is 1. The monoisotopic (exact) mass is 398 g/mol. The lowest BCUT2D eigenvalue weighted by Gasteiger charge is -2.00. The Morgan fingerprint density at radius 2 is 2.08 bits per heavy atom. The molecular formula is C18H14N4OS3. The largest absolute Gasteiger partial charge is 0.302 e. The zero-order valence-corrected chi connectivity index (χ0v) is 16.3. The van der Waals surface area contributed by atoms with Crippen LogP contribution < -0.4 is 5.32 Å². The van der Waals surface area contributed by atoms with E-state index < -0.39 is 0 Å². The molecule has 0 bridgehead atoms. The highest BCUT2D eigenvalue weighted by Crippen LogP contribution is 2.37. The van der Waals surface area contributed by atoms with Crippen molar-refractivity contribution in [2.24, 2.45) is 0 Å². The Labute approximate surface area is 162 Å². The number of carbonyl (C=O) groups is 1. The minimum Gasteiger partial charge on any atom is -0.302 e. The Hall–Kier alpha value is -2.29. The van der Waals surface area contributed by atoms with Crippen molar-refractivity contribution in [1.82, 2.24) is 15.0 Å². The van der Waals surface area contributed by atoms with Crippen LogP contribution in [-0.4, -0.2) is 20.9 Å². The fraction of sp³-hybridized carbons (Fsp3) is 0.111. The maximum absolute atomic E-state index is 11.1. The fourth-order valence-corrected chi connectivity index (χ4v) is 5.21. The third-order valence-corrected chi connectivity index (χ3v) is 6.48. The van der Waals surface area contributed by atoms with E-state index in [9.17, 15) is 4.79 Å². The summed E-state index contributed by atoms with van der Waals surface area (Å²) in [6.07, 6.45) is 1.61. The van der Waals surface area contributed by atoms with Gasteiger partial charge in [0.15, 0.2) is 5.13 Å². The summed E-state index contributed by atoms with van der Waals surface area (Å²) in [6, 6.07) is 12.4. The van der Waals surface area contributed by atoms with Crippen LogP contribution in [0.15, 0.2) is 53.1 Å². The Kier molecular flexibility index (Phi) is 4.96. The molecule has 3 heterocycles. The molecule has 0 aliphatic rings. The average molecular weight is 399 g/mol. The number of nitrogens with one attached hydrogen (secondary N) is 1. The second kappa shape index (κ2) is 7.53. The Morgan fingerprint density at radius 3 is 2.88 bits per heavy atom. The molecule has 0 aliphatic heterocycles. The van der Waals surface area contributed by atoms with Crippen LogP contribution in [0.4, 0.5) is 5.13 Å². The van der Waals surface area contributed by atoms with Crippen LogP contribution in [0.1, 0.15) is 12.6 Å². The van der Waals surface area contributed by atoms with E-state index in [1.54, 1.807) is 29.4 Å². The summed E-state index contributed by atoms with van der Waals surface area (Å²) in [5.41, 5.74) is 2.11. The van der Waals surface area contributed by atoms with Gasteiger partial charge in [0.2, 0.25) is 5.91 Å². The van der Waals surface area contributed by atoms with Crippen molar-refractivity contribution in [1.29, 1.82) is 0 Å². The molecule has 0 fully saturated rings. The van der Waals surface area contributed by atoms with Gasteiger partial charge < -0.3 is 5.32 Å². The smallest absolute Gasteiger partial charge is 0.223 e. The number of anilines is 1. The number of thioether (sulfide) groups is 1. The van der Waals surface area contributed by atoms with Gasteiger partial charge in [-0.25, -0.2) is 15.0 Å². The molecule has 8 heteroatoms. The molecule has 0 saturated carbocycles. The lowest BCUT2D eigenvalue weighted by Crippen LogP contribution is -2.05. The van der Waals surface area contributed by atoms with Gasteiger partial charge in [-0.1, -0.05) is 42.1 Å². The Balaban J connectivity index is 1.56. The van der Waals surface area contributed by atoms with E-state index in [1.807, 2.05) is 23.6 Å². The fourth-order valence-electron chi connectivity index (χ4n) is 2.42. The summed E-state index contributed by atoms with van der Waals surface area (Å²) in [5.74, 6) is 0.585. The van der Waals surface area contributed by atoms with Gasteiger partial charge in [-0.05, 0) is 11.6 Å². The third kappa shape index (κ3) is 3.77. The molecule has 26 heavy (non-hydrogen) atoms. The summed E-state index contributed by atoms with van der Waals surface area (Å²) in [4.78, 5) is 26.6. The number of amides is 1. The number of fused-ring (bicyclic) bond motifs is 1. The van der Waals surface area contributed by atoms with Crippen LogP contribution in [0.25, 0.3) is 20.7 Å². The number of nitrogens with zero attached hydrogens (tertiary/aromatic N) is 3. The molecule has 0 aliphatic carbocycles. The number of rotatable bonds is 5. The van der Waals surface area contributed by atoms with E-state index in [0.717, 1.165) is 20.9 Å². The van der Waals surface area contributed by atoms with E-state index in [1.165, 1.54) is 28.7 Å². The van der Waals surface area contributed by atoms with Crippen molar-refractivity contribution >= 4 is 55.7 Å². The highest BCUT2D eigenvalue weighted by atomic mass is 32.2. The van der Waals surface area contributed by atoms with Gasteiger partial charge in [0.05, 0.1) is 5.69 Å². The molecule has 3 aromatic heterocycles. The van der Waals surface area contributed by atoms with Gasteiger partial charge in [-0.3, -0.25) is 4.79 Å². The van der Waals surface area contributed by atoms with E-state index in [-0.39, 0.29) is 5.91 Å². The zero-order chi connectivity index (χ0) is 17.9. The van der Waals surface area contributed by atoms with Crippen molar-refractivity contribution in [2.45, 2.75) is 17.7 Å². The number of thiazole rings is 1. The SMILES string of the molecule is CC(=O)Nc1nc(CSc2ncnc3sc(-c4ccccc4)cc23)cs1. The first-order chi connectivity index (χ1) is 12.7. The number of hydrogen-bond donors (Lipinski definition) is 1. The van der Waals surface area contributed by atoms with Crippen LogP contribution >= 0.6 is 34.4 Å². The van der Waals surface area contributed by atoms with E-state index in [0.29, 0.717) is 10.9 Å². The summed E-state index contributed by atoms with van der Waals surface area (Å²) in [6.45, 7) is 1.48. The second-order valence-electron chi connectivity index (χ2n) is 5.49. The van der Waals surface area contributed by atoms with Crippen molar-refractivity contribution in [3.05, 3.63) is 53.8 Å². The molecule has 0 atom stereocenters. The minimum absolute atomic E-state index is 0.109. The van der Waals surface area contributed by atoms with Crippen molar-refractivity contribution < 1.29 is 4.79 Å². The van der Waals surface area contributed by atoms with Crippen molar-refractivity contribution in [3.8, 4) is 10.4 Å². The molecule has 0 spiro atoms. The molecular weight excluding hydrogens is 384 g/mol. The molecule has 0 radical (unpaired) electrons. The minimum atomic E-state index is -0.109. The summed E-state index contributed by atoms with van der Waals surface area (Å²) < 4.78 is 0. The molecule has 4 rings (SSSR count). The first-order valence-corrected chi connectivity index (χ1v) is 10.5. The van der Waals surface area contributed by atoms with Gasteiger partial charge in [0.1, 0.15) is 16.2 Å². The predicted molar refractivity (Wildman–Crippen MR) is 109 cm³/mol. The number of hydrogen-bond acceptors (Lipinski definition) is 7. The maximum Gasteiger partial charge on any atom is 0.223 e. The van der Waals surface area contributed by atoms with E-state index in [2.05, 4.69) is 38.5 Å². The van der Waals surface area contributed by atoms with Crippen LogP contribution in [0, 0.1) is 0 Å². The quantitative estimate of drug-likeness (QED) is 0.376. The number of benzene rings is 1. The predicted octanol–water partition coefficient (Wildman–Crippen LogP) is 5.07. The van der Waals surface area contributed by atoms with Crippen LogP contribution in [-0.2, 0) is 10.5 Å². The molecule has 0 unspecified atom stereocenters. The van der Waals surface area contributed by atoms with Crippen molar-refractivity contribution in [3.63, 3.8) is 0 Å². The van der Waals surface area contributed by atoms with E-state index >= 15 is 0 Å². The van der Waals surface area contributed by atoms with E-state index in [4.69, 9.17) is 0 Å². The summed E-state index contributed by atoms with van der Waals surface area (Å²) >= 11 is 4.73. The normalized spacial score (nSPS) is 11.0. The molecule has 0 saturated heterocycles. The standard InChI is InChI=1S/C18H14N4OS3/c1-11(23)21-18-22-13(9-25-18)8-24-16-14-7-15(12-5-3-2-4-6-12)26-17(14)20-10-19-16/h2-7,9-10H,8H2,1H3,(H,21,22,23). The van der Waals surface area contributed by atoms with Crippen LogP contribution in [0.2, 0.25) is 0 Å². The number of carbonyl (C=O) groups excluding carboxylic acids is 1. The molecule has 1 amide bonds. The van der Waals surface area contributed by atoms with Crippen LogP contribution in [0.3, 0.4) is 0 Å². The molecule has 1 N–H and O–H groups in total. The lowest BCUT2D eigenvalue weighted by molar-refractivity contribution is -0.114.